The molecule has 0 heterocycles. The number of carbonyl (C=O) groups excluding carboxylic acids is 3. The van der Waals surface area contributed by atoms with Crippen LogP contribution in [0.2, 0.25) is 0 Å². The smallest absolute Gasteiger partial charge is 0.305 e. The van der Waals surface area contributed by atoms with E-state index in [0.29, 0.717) is 24.2 Å². The van der Waals surface area contributed by atoms with Crippen molar-refractivity contribution >= 4 is 17.7 Å². The molecule has 0 spiro atoms. The van der Waals surface area contributed by atoms with Crippen LogP contribution in [-0.2, 0) is 25.5 Å². The molecule has 126 valence electrons. The predicted octanol–water partition coefficient (Wildman–Crippen LogP) is 2.33. The van der Waals surface area contributed by atoms with Crippen molar-refractivity contribution in [2.45, 2.75) is 32.1 Å². The molecule has 0 aliphatic heterocycles. The molecule has 0 unspecified atom stereocenters. The number of hydrogen-bond acceptors (Lipinski definition) is 6. The average Bonchev–Trinajstić information content (AvgIpc) is 2.58. The highest BCUT2D eigenvalue weighted by molar-refractivity contribution is 5.96. The van der Waals surface area contributed by atoms with Crippen LogP contribution >= 0.6 is 0 Å². The minimum atomic E-state index is -0.328. The van der Waals surface area contributed by atoms with Crippen LogP contribution in [0.1, 0.15) is 41.6 Å². The molecule has 6 nitrogen and oxygen atoms in total. The Balaban J connectivity index is 2.73. The van der Waals surface area contributed by atoms with Crippen LogP contribution in [-0.4, -0.2) is 39.1 Å². The summed E-state index contributed by atoms with van der Waals surface area (Å²) in [6.07, 6.45) is 1.56. The summed E-state index contributed by atoms with van der Waals surface area (Å²) >= 11 is 0. The lowest BCUT2D eigenvalue weighted by Crippen LogP contribution is -2.06. The minimum absolute atomic E-state index is 0.0594. The second-order valence-corrected chi connectivity index (χ2v) is 4.96. The second-order valence-electron chi connectivity index (χ2n) is 4.96. The third kappa shape index (κ3) is 6.10. The van der Waals surface area contributed by atoms with E-state index in [9.17, 15) is 14.4 Å². The van der Waals surface area contributed by atoms with Crippen molar-refractivity contribution in [3.05, 3.63) is 29.3 Å². The molecule has 0 saturated heterocycles. The van der Waals surface area contributed by atoms with E-state index in [-0.39, 0.29) is 37.0 Å². The summed E-state index contributed by atoms with van der Waals surface area (Å²) in [5, 5.41) is 0. The zero-order valence-electron chi connectivity index (χ0n) is 13.7. The molecule has 1 aromatic carbocycles. The standard InChI is InChI=1S/C17H22O6/c1-21-15-9-7-12(11-13(15)8-10-17(20)23-3)14(18)5-4-6-16(19)22-2/h7,9,11H,4-6,8,10H2,1-3H3. The Kier molecular flexibility index (Phi) is 7.80. The number of esters is 2. The summed E-state index contributed by atoms with van der Waals surface area (Å²) in [5.41, 5.74) is 1.31. The Labute approximate surface area is 135 Å². The quantitative estimate of drug-likeness (QED) is 0.513. The van der Waals surface area contributed by atoms with E-state index in [0.717, 1.165) is 5.56 Å². The van der Waals surface area contributed by atoms with Crippen LogP contribution in [0.15, 0.2) is 18.2 Å². The number of Topliss-reactive ketones (excluding diaryl/α,β-unsaturated/α-hetero) is 1. The highest BCUT2D eigenvalue weighted by atomic mass is 16.5. The van der Waals surface area contributed by atoms with Gasteiger partial charge in [0.15, 0.2) is 5.78 Å². The Bertz CT molecular complexity index is 564. The Morgan fingerprint density at radius 2 is 1.57 bits per heavy atom. The van der Waals surface area contributed by atoms with E-state index in [1.165, 1.54) is 21.3 Å². The van der Waals surface area contributed by atoms with Crippen molar-refractivity contribution in [3.8, 4) is 5.75 Å². The molecule has 0 radical (unpaired) electrons. The highest BCUT2D eigenvalue weighted by Crippen LogP contribution is 2.22. The van der Waals surface area contributed by atoms with Crippen LogP contribution in [0.5, 0.6) is 5.75 Å². The fraction of sp³-hybridized carbons (Fsp3) is 0.471. The number of benzene rings is 1. The number of carbonyl (C=O) groups is 3. The van der Waals surface area contributed by atoms with E-state index in [4.69, 9.17) is 4.74 Å². The summed E-state index contributed by atoms with van der Waals surface area (Å²) in [6, 6.07) is 5.11. The number of aryl methyl sites for hydroxylation is 1. The lowest BCUT2D eigenvalue weighted by molar-refractivity contribution is -0.141. The van der Waals surface area contributed by atoms with Crippen LogP contribution < -0.4 is 4.74 Å². The topological polar surface area (TPSA) is 78.9 Å². The van der Waals surface area contributed by atoms with Gasteiger partial charge in [-0.1, -0.05) is 0 Å². The van der Waals surface area contributed by atoms with Crippen molar-refractivity contribution in [3.63, 3.8) is 0 Å². The maximum absolute atomic E-state index is 12.2. The van der Waals surface area contributed by atoms with Gasteiger partial charge in [-0.25, -0.2) is 0 Å². The van der Waals surface area contributed by atoms with Crippen LogP contribution in [0.3, 0.4) is 0 Å². The van der Waals surface area contributed by atoms with Gasteiger partial charge in [-0.2, -0.15) is 0 Å². The summed E-state index contributed by atoms with van der Waals surface area (Å²) in [5.74, 6) is -0.0796. The minimum Gasteiger partial charge on any atom is -0.496 e. The number of rotatable bonds is 9. The SMILES string of the molecule is COC(=O)CCCC(=O)c1ccc(OC)c(CCC(=O)OC)c1. The third-order valence-electron chi connectivity index (χ3n) is 3.44. The zero-order valence-corrected chi connectivity index (χ0v) is 13.7. The fourth-order valence-corrected chi connectivity index (χ4v) is 2.13. The molecule has 6 heteroatoms. The van der Waals surface area contributed by atoms with Crippen LogP contribution in [0.4, 0.5) is 0 Å². The van der Waals surface area contributed by atoms with Gasteiger partial charge in [0.25, 0.3) is 0 Å². The van der Waals surface area contributed by atoms with Crippen molar-refractivity contribution < 1.29 is 28.6 Å². The number of ketones is 1. The monoisotopic (exact) mass is 322 g/mol. The van der Waals surface area contributed by atoms with Gasteiger partial charge in [0.05, 0.1) is 21.3 Å². The molecule has 1 aromatic rings. The molecule has 1 rings (SSSR count). The van der Waals surface area contributed by atoms with Gasteiger partial charge in [-0.3, -0.25) is 14.4 Å². The number of hydrogen-bond donors (Lipinski definition) is 0. The van der Waals surface area contributed by atoms with E-state index < -0.39 is 0 Å². The third-order valence-corrected chi connectivity index (χ3v) is 3.44. The molecule has 0 aliphatic carbocycles. The molecule has 0 saturated carbocycles. The van der Waals surface area contributed by atoms with Gasteiger partial charge >= 0.3 is 11.9 Å². The van der Waals surface area contributed by atoms with Crippen molar-refractivity contribution in [1.82, 2.24) is 0 Å². The summed E-state index contributed by atoms with van der Waals surface area (Å²) in [7, 11) is 4.19. The van der Waals surface area contributed by atoms with E-state index in [1.807, 2.05) is 0 Å². The number of methoxy groups -OCH3 is 3. The maximum atomic E-state index is 12.2. The highest BCUT2D eigenvalue weighted by Gasteiger charge is 2.12. The summed E-state index contributed by atoms with van der Waals surface area (Å²) < 4.78 is 14.4. The van der Waals surface area contributed by atoms with E-state index in [1.54, 1.807) is 18.2 Å². The second kappa shape index (κ2) is 9.61. The summed E-state index contributed by atoms with van der Waals surface area (Å²) in [6.45, 7) is 0. The van der Waals surface area contributed by atoms with Crippen molar-refractivity contribution in [2.24, 2.45) is 0 Å². The van der Waals surface area contributed by atoms with Crippen LogP contribution in [0.25, 0.3) is 0 Å². The average molecular weight is 322 g/mol. The lowest BCUT2D eigenvalue weighted by Gasteiger charge is -2.10. The first-order chi connectivity index (χ1) is 11.0. The lowest BCUT2D eigenvalue weighted by atomic mass is 10.00. The Morgan fingerprint density at radius 1 is 0.913 bits per heavy atom. The van der Waals surface area contributed by atoms with Crippen molar-refractivity contribution in [2.75, 3.05) is 21.3 Å². The maximum Gasteiger partial charge on any atom is 0.305 e. The van der Waals surface area contributed by atoms with Gasteiger partial charge in [-0.05, 0) is 36.6 Å². The molecule has 0 atom stereocenters. The molecule has 0 aromatic heterocycles. The molecular weight excluding hydrogens is 300 g/mol. The number of ether oxygens (including phenoxy) is 3. The van der Waals surface area contributed by atoms with E-state index >= 15 is 0 Å². The molecule has 0 aliphatic rings. The van der Waals surface area contributed by atoms with Gasteiger partial charge in [0, 0.05) is 24.8 Å². The van der Waals surface area contributed by atoms with Crippen LogP contribution in [0, 0.1) is 0 Å². The van der Waals surface area contributed by atoms with Gasteiger partial charge in [-0.15, -0.1) is 0 Å². The molecule has 23 heavy (non-hydrogen) atoms. The zero-order chi connectivity index (χ0) is 17.2. The first kappa shape index (κ1) is 18.7. The largest absolute Gasteiger partial charge is 0.496 e. The first-order valence-corrected chi connectivity index (χ1v) is 7.35. The normalized spacial score (nSPS) is 10.0. The van der Waals surface area contributed by atoms with Gasteiger partial charge < -0.3 is 14.2 Å². The van der Waals surface area contributed by atoms with Gasteiger partial charge in [0.2, 0.25) is 0 Å². The fourth-order valence-electron chi connectivity index (χ4n) is 2.13. The Hall–Kier alpha value is -2.37. The molecule has 0 fully saturated rings. The predicted molar refractivity (Wildman–Crippen MR) is 83.5 cm³/mol. The molecule has 0 N–H and O–H groups in total. The van der Waals surface area contributed by atoms with Crippen molar-refractivity contribution in [1.29, 1.82) is 0 Å². The Morgan fingerprint density at radius 3 is 2.17 bits per heavy atom. The first-order valence-electron chi connectivity index (χ1n) is 7.35. The summed E-state index contributed by atoms with van der Waals surface area (Å²) in [4.78, 5) is 34.5. The molecule has 0 amide bonds. The molecule has 0 bridgehead atoms. The van der Waals surface area contributed by atoms with Gasteiger partial charge in [0.1, 0.15) is 5.75 Å². The molecular formula is C17H22O6. The van der Waals surface area contributed by atoms with E-state index in [2.05, 4.69) is 9.47 Å².